The zero-order valence-corrected chi connectivity index (χ0v) is 16.2. The summed E-state index contributed by atoms with van der Waals surface area (Å²) in [7, 11) is 1.67. The number of methoxy groups -OCH3 is 1. The number of hydrogen-bond acceptors (Lipinski definition) is 6. The van der Waals surface area contributed by atoms with Crippen molar-refractivity contribution in [3.05, 3.63) is 64.8 Å². The fourth-order valence-corrected chi connectivity index (χ4v) is 3.05. The van der Waals surface area contributed by atoms with Gasteiger partial charge in [0.25, 0.3) is 0 Å². The second-order valence-electron chi connectivity index (χ2n) is 6.59. The molecule has 27 heavy (non-hydrogen) atoms. The van der Waals surface area contributed by atoms with Crippen LogP contribution in [-0.2, 0) is 6.42 Å². The van der Waals surface area contributed by atoms with Gasteiger partial charge in [0, 0.05) is 12.2 Å². The predicted octanol–water partition coefficient (Wildman–Crippen LogP) is 4.20. The lowest BCUT2D eigenvalue weighted by Gasteiger charge is -2.13. The molecule has 0 aliphatic heterocycles. The van der Waals surface area contributed by atoms with E-state index in [0.717, 1.165) is 24.4 Å². The van der Waals surface area contributed by atoms with Crippen LogP contribution in [0.5, 0.6) is 5.75 Å². The van der Waals surface area contributed by atoms with Crippen molar-refractivity contribution in [2.45, 2.75) is 27.2 Å². The molecule has 0 spiro atoms. The Hall–Kier alpha value is -3.15. The van der Waals surface area contributed by atoms with E-state index < -0.39 is 0 Å². The Morgan fingerprint density at radius 3 is 2.37 bits per heavy atom. The Morgan fingerprint density at radius 1 is 1.00 bits per heavy atom. The largest absolute Gasteiger partial charge is 0.497 e. The van der Waals surface area contributed by atoms with Crippen LogP contribution in [0.3, 0.4) is 0 Å². The maximum atomic E-state index is 5.18. The molecule has 1 aromatic heterocycles. The molecule has 6 heteroatoms. The lowest BCUT2D eigenvalue weighted by Crippen LogP contribution is -2.10. The number of ether oxygens (including phenoxy) is 1. The van der Waals surface area contributed by atoms with E-state index in [2.05, 4.69) is 70.9 Å². The molecular formula is C21H25N5O. The molecular weight excluding hydrogens is 338 g/mol. The Morgan fingerprint density at radius 2 is 1.70 bits per heavy atom. The summed E-state index contributed by atoms with van der Waals surface area (Å²) in [5.74, 6) is 2.04. The van der Waals surface area contributed by atoms with E-state index >= 15 is 0 Å². The highest BCUT2D eigenvalue weighted by molar-refractivity contribution is 5.65. The first-order chi connectivity index (χ1) is 13.0. The van der Waals surface area contributed by atoms with Gasteiger partial charge in [-0.05, 0) is 56.0 Å². The number of rotatable bonds is 7. The summed E-state index contributed by atoms with van der Waals surface area (Å²) in [6.45, 7) is 7.00. The van der Waals surface area contributed by atoms with Crippen molar-refractivity contribution in [1.29, 1.82) is 0 Å². The zero-order valence-electron chi connectivity index (χ0n) is 16.2. The third-order valence-electron chi connectivity index (χ3n) is 4.34. The number of aryl methyl sites for hydroxylation is 3. The maximum Gasteiger partial charge on any atom is 0.244 e. The summed E-state index contributed by atoms with van der Waals surface area (Å²) in [5.41, 5.74) is 5.89. The van der Waals surface area contributed by atoms with Gasteiger partial charge < -0.3 is 15.4 Å². The Kier molecular flexibility index (Phi) is 5.86. The van der Waals surface area contributed by atoms with Crippen LogP contribution < -0.4 is 15.4 Å². The van der Waals surface area contributed by atoms with E-state index in [1.807, 2.05) is 12.1 Å². The van der Waals surface area contributed by atoms with Crippen LogP contribution in [0.15, 0.2) is 42.6 Å². The molecule has 0 saturated heterocycles. The summed E-state index contributed by atoms with van der Waals surface area (Å²) in [5, 5.41) is 14.7. The average molecular weight is 363 g/mol. The smallest absolute Gasteiger partial charge is 0.244 e. The van der Waals surface area contributed by atoms with Crippen LogP contribution in [0.4, 0.5) is 17.5 Å². The molecule has 0 atom stereocenters. The molecule has 0 amide bonds. The van der Waals surface area contributed by atoms with Crippen LogP contribution >= 0.6 is 0 Å². The number of benzene rings is 2. The van der Waals surface area contributed by atoms with Gasteiger partial charge in [0.1, 0.15) is 5.75 Å². The quantitative estimate of drug-likeness (QED) is 0.655. The van der Waals surface area contributed by atoms with Gasteiger partial charge in [-0.1, -0.05) is 29.8 Å². The highest BCUT2D eigenvalue weighted by Crippen LogP contribution is 2.25. The third kappa shape index (κ3) is 4.94. The van der Waals surface area contributed by atoms with Crippen LogP contribution in [0.2, 0.25) is 0 Å². The molecule has 3 rings (SSSR count). The number of hydrogen-bond donors (Lipinski definition) is 2. The van der Waals surface area contributed by atoms with Crippen LogP contribution in [0, 0.1) is 20.8 Å². The topological polar surface area (TPSA) is 72.0 Å². The average Bonchev–Trinajstić information content (AvgIpc) is 2.65. The van der Waals surface area contributed by atoms with E-state index in [-0.39, 0.29) is 0 Å². The molecule has 0 saturated carbocycles. The van der Waals surface area contributed by atoms with Crippen molar-refractivity contribution < 1.29 is 4.74 Å². The second-order valence-corrected chi connectivity index (χ2v) is 6.59. The molecule has 0 unspecified atom stereocenters. The Labute approximate surface area is 160 Å². The summed E-state index contributed by atoms with van der Waals surface area (Å²) in [6, 6.07) is 12.3. The molecule has 3 aromatic rings. The molecule has 140 valence electrons. The Bertz CT molecular complexity index is 886. The molecule has 0 fully saturated rings. The molecule has 0 bridgehead atoms. The molecule has 6 nitrogen and oxygen atoms in total. The lowest BCUT2D eigenvalue weighted by atomic mass is 10.1. The van der Waals surface area contributed by atoms with Gasteiger partial charge in [-0.3, -0.25) is 0 Å². The summed E-state index contributed by atoms with van der Waals surface area (Å²) >= 11 is 0. The van der Waals surface area contributed by atoms with E-state index in [0.29, 0.717) is 11.8 Å². The number of aromatic nitrogens is 3. The fourth-order valence-electron chi connectivity index (χ4n) is 3.05. The van der Waals surface area contributed by atoms with Gasteiger partial charge in [0.2, 0.25) is 5.95 Å². The minimum absolute atomic E-state index is 0.510. The molecule has 1 heterocycles. The van der Waals surface area contributed by atoms with Crippen molar-refractivity contribution in [2.24, 2.45) is 0 Å². The van der Waals surface area contributed by atoms with Crippen molar-refractivity contribution in [3.8, 4) is 5.75 Å². The number of nitrogens with one attached hydrogen (secondary N) is 2. The molecule has 2 aromatic carbocycles. The van der Waals surface area contributed by atoms with Crippen LogP contribution in [0.1, 0.15) is 22.3 Å². The lowest BCUT2D eigenvalue weighted by molar-refractivity contribution is 0.414. The predicted molar refractivity (Wildman–Crippen MR) is 109 cm³/mol. The van der Waals surface area contributed by atoms with E-state index in [4.69, 9.17) is 4.74 Å². The number of anilines is 3. The SMILES string of the molecule is COc1ccc(CCNc2nncc(Nc3c(C)cc(C)cc3C)n2)cc1. The van der Waals surface area contributed by atoms with Crippen molar-refractivity contribution >= 4 is 17.5 Å². The molecule has 0 aliphatic rings. The van der Waals surface area contributed by atoms with Gasteiger partial charge in [-0.15, -0.1) is 5.10 Å². The molecule has 0 aliphatic carbocycles. The maximum absolute atomic E-state index is 5.18. The second kappa shape index (κ2) is 8.49. The number of nitrogens with zero attached hydrogens (tertiary/aromatic N) is 3. The normalized spacial score (nSPS) is 10.5. The summed E-state index contributed by atoms with van der Waals surface area (Å²) in [4.78, 5) is 4.52. The van der Waals surface area contributed by atoms with E-state index in [1.54, 1.807) is 13.3 Å². The van der Waals surface area contributed by atoms with Crippen molar-refractivity contribution in [2.75, 3.05) is 24.3 Å². The van der Waals surface area contributed by atoms with E-state index in [1.165, 1.54) is 22.3 Å². The van der Waals surface area contributed by atoms with Gasteiger partial charge in [-0.25, -0.2) is 0 Å². The highest BCUT2D eigenvalue weighted by Gasteiger charge is 2.07. The van der Waals surface area contributed by atoms with Gasteiger partial charge in [0.15, 0.2) is 5.82 Å². The monoisotopic (exact) mass is 363 g/mol. The first-order valence-corrected chi connectivity index (χ1v) is 8.96. The summed E-state index contributed by atoms with van der Waals surface area (Å²) in [6.07, 6.45) is 2.49. The fraction of sp³-hybridized carbons (Fsp3) is 0.286. The van der Waals surface area contributed by atoms with E-state index in [9.17, 15) is 0 Å². The Balaban J connectivity index is 1.62. The first kappa shape index (κ1) is 18.6. The minimum atomic E-state index is 0.510. The molecule has 0 radical (unpaired) electrons. The first-order valence-electron chi connectivity index (χ1n) is 8.96. The third-order valence-corrected chi connectivity index (χ3v) is 4.34. The van der Waals surface area contributed by atoms with Crippen molar-refractivity contribution in [1.82, 2.24) is 15.2 Å². The molecule has 2 N–H and O–H groups in total. The van der Waals surface area contributed by atoms with Crippen LogP contribution in [-0.4, -0.2) is 28.8 Å². The van der Waals surface area contributed by atoms with Crippen molar-refractivity contribution in [3.63, 3.8) is 0 Å². The van der Waals surface area contributed by atoms with Gasteiger partial charge in [0.05, 0.1) is 13.3 Å². The zero-order chi connectivity index (χ0) is 19.2. The summed E-state index contributed by atoms with van der Waals surface area (Å²) < 4.78 is 5.18. The minimum Gasteiger partial charge on any atom is -0.497 e. The highest BCUT2D eigenvalue weighted by atomic mass is 16.5. The standard InChI is InChI=1S/C21H25N5O/c1-14-11-15(2)20(16(3)12-14)24-19-13-23-26-21(25-19)22-10-9-17-5-7-18(27-4)8-6-17/h5-8,11-13H,9-10H2,1-4H3,(H2,22,24,25,26). The van der Waals surface area contributed by atoms with Gasteiger partial charge >= 0.3 is 0 Å². The van der Waals surface area contributed by atoms with Gasteiger partial charge in [-0.2, -0.15) is 10.1 Å². The van der Waals surface area contributed by atoms with Crippen LogP contribution in [0.25, 0.3) is 0 Å².